The molecule has 0 aromatic carbocycles. The van der Waals surface area contributed by atoms with Gasteiger partial charge in [0, 0.05) is 17.0 Å². The number of carbonyl (C=O) groups excluding carboxylic acids is 1. The average Bonchev–Trinajstić information content (AvgIpc) is 2.08. The Kier molecular flexibility index (Phi) is 4.96. The van der Waals surface area contributed by atoms with E-state index in [0.717, 1.165) is 0 Å². The second kappa shape index (κ2) is 5.21. The summed E-state index contributed by atoms with van der Waals surface area (Å²) in [5.74, 6) is -0.371. The smallest absolute Gasteiger partial charge is 0.333 e. The van der Waals surface area contributed by atoms with E-state index >= 15 is 0 Å². The Balaban J connectivity index is 5.05. The molecule has 2 unspecified atom stereocenters. The maximum Gasteiger partial charge on any atom is 0.333 e. The molecule has 0 aromatic heterocycles. The van der Waals surface area contributed by atoms with Gasteiger partial charge in [-0.2, -0.15) is 0 Å². The van der Waals surface area contributed by atoms with Gasteiger partial charge in [0.15, 0.2) is 0 Å². The number of nitrogens with two attached hydrogens (primary N) is 1. The van der Waals surface area contributed by atoms with Crippen LogP contribution in [0, 0.1) is 10.8 Å². The van der Waals surface area contributed by atoms with Gasteiger partial charge in [0.2, 0.25) is 0 Å². The van der Waals surface area contributed by atoms with Crippen LogP contribution in [0.2, 0.25) is 0 Å². The molecule has 0 aliphatic rings. The van der Waals surface area contributed by atoms with Gasteiger partial charge in [0.1, 0.15) is 6.10 Å². The maximum atomic E-state index is 11.7. The Morgan fingerprint density at radius 1 is 1.12 bits per heavy atom. The van der Waals surface area contributed by atoms with Crippen LogP contribution in [0.4, 0.5) is 0 Å². The molecule has 0 aromatic rings. The Morgan fingerprint density at radius 2 is 1.53 bits per heavy atom. The first-order valence-corrected chi connectivity index (χ1v) is 5.99. The van der Waals surface area contributed by atoms with Crippen LogP contribution in [0.15, 0.2) is 12.2 Å². The molecule has 3 heteroatoms. The van der Waals surface area contributed by atoms with E-state index in [9.17, 15) is 4.79 Å². The van der Waals surface area contributed by atoms with Crippen LogP contribution in [0.25, 0.3) is 0 Å². The zero-order chi connectivity index (χ0) is 14.0. The SMILES string of the molecule is C=C(C)C(=O)OC(C(N)C(C)(C)C)C(C)(C)C. The number of hydrogen-bond donors (Lipinski definition) is 1. The van der Waals surface area contributed by atoms with Crippen molar-refractivity contribution in [2.24, 2.45) is 16.6 Å². The number of carbonyl (C=O) groups is 1. The van der Waals surface area contributed by atoms with Gasteiger partial charge in [-0.25, -0.2) is 4.79 Å². The highest BCUT2D eigenvalue weighted by Crippen LogP contribution is 2.32. The summed E-state index contributed by atoms with van der Waals surface area (Å²) < 4.78 is 5.50. The Morgan fingerprint density at radius 3 is 1.76 bits per heavy atom. The Labute approximate surface area is 105 Å². The van der Waals surface area contributed by atoms with Crippen LogP contribution in [0.5, 0.6) is 0 Å². The lowest BCUT2D eigenvalue weighted by Gasteiger charge is -2.40. The number of ether oxygens (including phenoxy) is 1. The first-order valence-electron chi connectivity index (χ1n) is 5.99. The van der Waals surface area contributed by atoms with E-state index in [1.165, 1.54) is 0 Å². The molecule has 100 valence electrons. The summed E-state index contributed by atoms with van der Waals surface area (Å²) in [5.41, 5.74) is 6.31. The van der Waals surface area contributed by atoms with Crippen LogP contribution in [-0.2, 0) is 9.53 Å². The highest BCUT2D eigenvalue weighted by Gasteiger charge is 2.39. The first kappa shape index (κ1) is 16.2. The fourth-order valence-electron chi connectivity index (χ4n) is 1.46. The highest BCUT2D eigenvalue weighted by molar-refractivity contribution is 5.87. The standard InChI is InChI=1S/C14H27NO2/c1-9(2)12(16)17-11(14(6,7)8)10(15)13(3,4)5/h10-11H,1,15H2,2-8H3. The van der Waals surface area contributed by atoms with Crippen molar-refractivity contribution in [1.29, 1.82) is 0 Å². The van der Waals surface area contributed by atoms with Gasteiger partial charge >= 0.3 is 5.97 Å². The van der Waals surface area contributed by atoms with E-state index in [1.807, 2.05) is 41.5 Å². The molecule has 0 radical (unpaired) electrons. The van der Waals surface area contributed by atoms with Gasteiger partial charge in [-0.05, 0) is 12.3 Å². The van der Waals surface area contributed by atoms with Crippen molar-refractivity contribution >= 4 is 5.97 Å². The molecule has 0 heterocycles. The summed E-state index contributed by atoms with van der Waals surface area (Å²) in [6.45, 7) is 17.4. The highest BCUT2D eigenvalue weighted by atomic mass is 16.5. The summed E-state index contributed by atoms with van der Waals surface area (Å²) in [4.78, 5) is 11.7. The summed E-state index contributed by atoms with van der Waals surface area (Å²) in [5, 5.41) is 0. The minimum Gasteiger partial charge on any atom is -0.457 e. The normalized spacial score (nSPS) is 16.2. The fraction of sp³-hybridized carbons (Fsp3) is 0.786. The van der Waals surface area contributed by atoms with Crippen molar-refractivity contribution in [3.63, 3.8) is 0 Å². The molecule has 0 rings (SSSR count). The molecule has 17 heavy (non-hydrogen) atoms. The van der Waals surface area contributed by atoms with E-state index in [4.69, 9.17) is 10.5 Å². The maximum absolute atomic E-state index is 11.7. The molecule has 0 fully saturated rings. The number of hydrogen-bond acceptors (Lipinski definition) is 3. The summed E-state index contributed by atoms with van der Waals surface area (Å²) in [7, 11) is 0. The molecule has 0 aliphatic carbocycles. The third kappa shape index (κ3) is 4.90. The van der Waals surface area contributed by atoms with Crippen LogP contribution in [0.1, 0.15) is 48.5 Å². The fourth-order valence-corrected chi connectivity index (χ4v) is 1.46. The van der Waals surface area contributed by atoms with Crippen molar-refractivity contribution < 1.29 is 9.53 Å². The van der Waals surface area contributed by atoms with Crippen molar-refractivity contribution in [3.8, 4) is 0 Å². The minimum atomic E-state index is -0.371. The molecular formula is C14H27NO2. The van der Waals surface area contributed by atoms with Crippen molar-refractivity contribution in [2.75, 3.05) is 0 Å². The summed E-state index contributed by atoms with van der Waals surface area (Å²) in [6, 6.07) is -0.217. The second-order valence-electron chi connectivity index (χ2n) is 6.86. The van der Waals surface area contributed by atoms with Crippen molar-refractivity contribution in [2.45, 2.75) is 60.6 Å². The predicted molar refractivity (Wildman–Crippen MR) is 71.6 cm³/mol. The van der Waals surface area contributed by atoms with Crippen LogP contribution in [-0.4, -0.2) is 18.1 Å². The summed E-state index contributed by atoms with van der Waals surface area (Å²) in [6.07, 6.45) is -0.327. The van der Waals surface area contributed by atoms with Gasteiger partial charge in [0.05, 0.1) is 0 Å². The average molecular weight is 241 g/mol. The molecule has 2 N–H and O–H groups in total. The van der Waals surface area contributed by atoms with Gasteiger partial charge < -0.3 is 10.5 Å². The molecule has 0 amide bonds. The monoisotopic (exact) mass is 241 g/mol. The van der Waals surface area contributed by atoms with E-state index in [0.29, 0.717) is 5.57 Å². The van der Waals surface area contributed by atoms with Crippen LogP contribution in [0.3, 0.4) is 0 Å². The largest absolute Gasteiger partial charge is 0.457 e. The minimum absolute atomic E-state index is 0.118. The lowest BCUT2D eigenvalue weighted by atomic mass is 9.75. The van der Waals surface area contributed by atoms with E-state index in [-0.39, 0.29) is 28.9 Å². The molecular weight excluding hydrogens is 214 g/mol. The predicted octanol–water partition coefficient (Wildman–Crippen LogP) is 2.89. The topological polar surface area (TPSA) is 52.3 Å². The van der Waals surface area contributed by atoms with E-state index in [2.05, 4.69) is 6.58 Å². The molecule has 0 saturated carbocycles. The van der Waals surface area contributed by atoms with Crippen LogP contribution < -0.4 is 5.73 Å². The molecule has 3 nitrogen and oxygen atoms in total. The van der Waals surface area contributed by atoms with Gasteiger partial charge in [0.25, 0.3) is 0 Å². The first-order chi connectivity index (χ1) is 7.37. The third-order valence-corrected chi connectivity index (χ3v) is 2.76. The van der Waals surface area contributed by atoms with Crippen LogP contribution >= 0.6 is 0 Å². The Bertz CT molecular complexity index is 294. The number of rotatable bonds is 3. The molecule has 0 saturated heterocycles. The lowest BCUT2D eigenvalue weighted by molar-refractivity contribution is -0.153. The molecule has 0 spiro atoms. The van der Waals surface area contributed by atoms with E-state index < -0.39 is 0 Å². The number of esters is 1. The quantitative estimate of drug-likeness (QED) is 0.610. The summed E-state index contributed by atoms with van der Waals surface area (Å²) >= 11 is 0. The Hall–Kier alpha value is -0.830. The zero-order valence-corrected chi connectivity index (χ0v) is 12.3. The third-order valence-electron chi connectivity index (χ3n) is 2.76. The molecule has 2 atom stereocenters. The molecule has 0 aliphatic heterocycles. The van der Waals surface area contributed by atoms with Crippen molar-refractivity contribution in [1.82, 2.24) is 0 Å². The zero-order valence-electron chi connectivity index (χ0n) is 12.3. The molecule has 0 bridgehead atoms. The van der Waals surface area contributed by atoms with E-state index in [1.54, 1.807) is 6.92 Å². The lowest BCUT2D eigenvalue weighted by Crippen LogP contribution is -2.52. The second-order valence-corrected chi connectivity index (χ2v) is 6.86. The van der Waals surface area contributed by atoms with Gasteiger partial charge in [-0.15, -0.1) is 0 Å². The van der Waals surface area contributed by atoms with Gasteiger partial charge in [-0.1, -0.05) is 48.1 Å². The van der Waals surface area contributed by atoms with Crippen molar-refractivity contribution in [3.05, 3.63) is 12.2 Å². The van der Waals surface area contributed by atoms with Gasteiger partial charge in [-0.3, -0.25) is 0 Å².